The van der Waals surface area contributed by atoms with Gasteiger partial charge in [-0.15, -0.1) is 0 Å². The van der Waals surface area contributed by atoms with Crippen LogP contribution in [-0.2, 0) is 4.79 Å². The summed E-state index contributed by atoms with van der Waals surface area (Å²) in [6.07, 6.45) is 0. The summed E-state index contributed by atoms with van der Waals surface area (Å²) in [5, 5.41) is 5.27. The zero-order valence-electron chi connectivity index (χ0n) is 14.7. The number of benzene rings is 2. The number of carbonyl (C=O) groups is 2. The van der Waals surface area contributed by atoms with E-state index in [-0.39, 0.29) is 16.8 Å². The Labute approximate surface area is 156 Å². The first-order chi connectivity index (χ1) is 12.3. The Morgan fingerprint density at radius 2 is 1.77 bits per heavy atom. The van der Waals surface area contributed by atoms with Crippen molar-refractivity contribution in [2.24, 2.45) is 5.92 Å². The molecule has 2 rings (SSSR count). The molecule has 0 radical (unpaired) electrons. The number of carbonyl (C=O) groups excluding carboxylic acids is 2. The molecule has 0 heterocycles. The van der Waals surface area contributed by atoms with Crippen LogP contribution in [0.1, 0.15) is 24.2 Å². The lowest BCUT2D eigenvalue weighted by Gasteiger charge is -2.22. The summed E-state index contributed by atoms with van der Waals surface area (Å²) >= 11 is 5.72. The van der Waals surface area contributed by atoms with Crippen LogP contribution in [0.15, 0.2) is 42.5 Å². The van der Waals surface area contributed by atoms with Crippen molar-refractivity contribution in [3.05, 3.63) is 58.9 Å². The van der Waals surface area contributed by atoms with Gasteiger partial charge in [-0.2, -0.15) is 0 Å². The molecule has 0 fully saturated rings. The zero-order valence-corrected chi connectivity index (χ0v) is 15.4. The molecule has 2 amide bonds. The fourth-order valence-electron chi connectivity index (χ4n) is 2.30. The van der Waals surface area contributed by atoms with Gasteiger partial charge in [0.2, 0.25) is 5.91 Å². The third kappa shape index (κ3) is 4.95. The maximum Gasteiger partial charge on any atom is 0.251 e. The minimum absolute atomic E-state index is 0.0915. The van der Waals surface area contributed by atoms with E-state index in [4.69, 9.17) is 16.3 Å². The van der Waals surface area contributed by atoms with Gasteiger partial charge in [0.05, 0.1) is 12.1 Å². The van der Waals surface area contributed by atoms with Crippen LogP contribution in [0, 0.1) is 11.7 Å². The number of ether oxygens (including phenoxy) is 1. The first-order valence-electron chi connectivity index (χ1n) is 8.02. The molecule has 0 aliphatic carbocycles. The minimum atomic E-state index is -0.770. The molecule has 2 aromatic carbocycles. The second kappa shape index (κ2) is 8.67. The molecule has 0 aliphatic rings. The summed E-state index contributed by atoms with van der Waals surface area (Å²) in [4.78, 5) is 24.9. The number of methoxy groups -OCH3 is 1. The molecule has 2 aromatic rings. The van der Waals surface area contributed by atoms with E-state index in [0.717, 1.165) is 6.07 Å². The van der Waals surface area contributed by atoms with Gasteiger partial charge in [-0.25, -0.2) is 4.39 Å². The predicted molar refractivity (Wildman–Crippen MR) is 99.1 cm³/mol. The smallest absolute Gasteiger partial charge is 0.251 e. The molecule has 0 spiro atoms. The maximum atomic E-state index is 13.2. The van der Waals surface area contributed by atoms with Crippen LogP contribution in [0.25, 0.3) is 0 Å². The monoisotopic (exact) mass is 378 g/mol. The third-order valence-corrected chi connectivity index (χ3v) is 4.06. The van der Waals surface area contributed by atoms with E-state index in [1.807, 2.05) is 13.8 Å². The van der Waals surface area contributed by atoms with Crippen molar-refractivity contribution in [2.75, 3.05) is 12.4 Å². The molecule has 26 heavy (non-hydrogen) atoms. The number of rotatable bonds is 6. The van der Waals surface area contributed by atoms with E-state index < -0.39 is 17.8 Å². The van der Waals surface area contributed by atoms with Crippen molar-refractivity contribution in [3.8, 4) is 5.75 Å². The van der Waals surface area contributed by atoms with Crippen LogP contribution < -0.4 is 15.4 Å². The quantitative estimate of drug-likeness (QED) is 0.801. The molecule has 1 atom stereocenters. The van der Waals surface area contributed by atoms with Crippen molar-refractivity contribution in [1.82, 2.24) is 5.32 Å². The summed E-state index contributed by atoms with van der Waals surface area (Å²) in [6.45, 7) is 3.63. The Bertz CT molecular complexity index is 794. The SMILES string of the molecule is COc1ccc(C(=O)N[C@H](C(=O)Nc2ccc(F)c(Cl)c2)C(C)C)cc1. The van der Waals surface area contributed by atoms with Crippen LogP contribution in [-0.4, -0.2) is 25.0 Å². The first kappa shape index (κ1) is 19.7. The highest BCUT2D eigenvalue weighted by molar-refractivity contribution is 6.31. The van der Waals surface area contributed by atoms with Crippen LogP contribution in [0.2, 0.25) is 5.02 Å². The van der Waals surface area contributed by atoms with Gasteiger partial charge < -0.3 is 15.4 Å². The molecule has 2 N–H and O–H groups in total. The highest BCUT2D eigenvalue weighted by atomic mass is 35.5. The second-order valence-electron chi connectivity index (χ2n) is 6.04. The van der Waals surface area contributed by atoms with E-state index in [1.54, 1.807) is 24.3 Å². The van der Waals surface area contributed by atoms with Gasteiger partial charge in [-0.05, 0) is 48.4 Å². The van der Waals surface area contributed by atoms with Crippen LogP contribution >= 0.6 is 11.6 Å². The number of hydrogen-bond donors (Lipinski definition) is 2. The molecule has 138 valence electrons. The van der Waals surface area contributed by atoms with E-state index in [1.165, 1.54) is 19.2 Å². The Hall–Kier alpha value is -2.60. The number of anilines is 1. The fraction of sp³-hybridized carbons (Fsp3) is 0.263. The molecule has 0 aliphatic heterocycles. The third-order valence-electron chi connectivity index (χ3n) is 3.78. The van der Waals surface area contributed by atoms with E-state index in [0.29, 0.717) is 17.0 Å². The van der Waals surface area contributed by atoms with Gasteiger partial charge in [0, 0.05) is 11.3 Å². The van der Waals surface area contributed by atoms with Gasteiger partial charge in [-0.3, -0.25) is 9.59 Å². The van der Waals surface area contributed by atoms with Crippen molar-refractivity contribution in [2.45, 2.75) is 19.9 Å². The lowest BCUT2D eigenvalue weighted by Crippen LogP contribution is -2.47. The maximum absolute atomic E-state index is 13.2. The molecule has 5 nitrogen and oxygen atoms in total. The summed E-state index contributed by atoms with van der Waals surface area (Å²) in [6, 6.07) is 9.68. The van der Waals surface area contributed by atoms with E-state index in [9.17, 15) is 14.0 Å². The lowest BCUT2D eigenvalue weighted by molar-refractivity contribution is -0.118. The van der Waals surface area contributed by atoms with E-state index >= 15 is 0 Å². The Balaban J connectivity index is 2.10. The van der Waals surface area contributed by atoms with Gasteiger partial charge in [0.15, 0.2) is 0 Å². The van der Waals surface area contributed by atoms with Gasteiger partial charge in [0.25, 0.3) is 5.91 Å². The van der Waals surface area contributed by atoms with Crippen LogP contribution in [0.3, 0.4) is 0 Å². The standard InChI is InChI=1S/C19H20ClFN2O3/c1-11(2)17(19(25)22-13-6-9-16(21)15(20)10-13)23-18(24)12-4-7-14(26-3)8-5-12/h4-11,17H,1-3H3,(H,22,25)(H,23,24)/t17-/m0/s1. The van der Waals surface area contributed by atoms with Gasteiger partial charge >= 0.3 is 0 Å². The van der Waals surface area contributed by atoms with Crippen molar-refractivity contribution < 1.29 is 18.7 Å². The first-order valence-corrected chi connectivity index (χ1v) is 8.40. The molecule has 0 unspecified atom stereocenters. The van der Waals surface area contributed by atoms with Crippen LogP contribution in [0.4, 0.5) is 10.1 Å². The largest absolute Gasteiger partial charge is 0.497 e. The molecule has 0 saturated carbocycles. The molecular weight excluding hydrogens is 359 g/mol. The molecular formula is C19H20ClFN2O3. The van der Waals surface area contributed by atoms with Crippen LogP contribution in [0.5, 0.6) is 5.75 Å². The Kier molecular flexibility index (Phi) is 6.58. The normalized spacial score (nSPS) is 11.8. The highest BCUT2D eigenvalue weighted by Gasteiger charge is 2.25. The number of hydrogen-bond acceptors (Lipinski definition) is 3. The van der Waals surface area contributed by atoms with E-state index in [2.05, 4.69) is 10.6 Å². The zero-order chi connectivity index (χ0) is 19.3. The summed E-state index contributed by atoms with van der Waals surface area (Å²) < 4.78 is 18.3. The summed E-state index contributed by atoms with van der Waals surface area (Å²) in [5.41, 5.74) is 0.764. The Morgan fingerprint density at radius 3 is 2.31 bits per heavy atom. The van der Waals surface area contributed by atoms with Crippen molar-refractivity contribution in [3.63, 3.8) is 0 Å². The van der Waals surface area contributed by atoms with Gasteiger partial charge in [-0.1, -0.05) is 25.4 Å². The summed E-state index contributed by atoms with van der Waals surface area (Å²) in [5.74, 6) is -0.887. The minimum Gasteiger partial charge on any atom is -0.497 e. The lowest BCUT2D eigenvalue weighted by atomic mass is 10.0. The second-order valence-corrected chi connectivity index (χ2v) is 6.45. The molecule has 0 aromatic heterocycles. The fourth-order valence-corrected chi connectivity index (χ4v) is 2.48. The number of halogens is 2. The molecule has 7 heteroatoms. The number of amides is 2. The predicted octanol–water partition coefficient (Wildman–Crippen LogP) is 3.88. The van der Waals surface area contributed by atoms with Gasteiger partial charge in [0.1, 0.15) is 17.6 Å². The molecule has 0 saturated heterocycles. The average Bonchev–Trinajstić information content (AvgIpc) is 2.62. The Morgan fingerprint density at radius 1 is 1.12 bits per heavy atom. The number of nitrogens with one attached hydrogen (secondary N) is 2. The average molecular weight is 379 g/mol. The summed E-state index contributed by atoms with van der Waals surface area (Å²) in [7, 11) is 1.54. The van der Waals surface area contributed by atoms with Crippen molar-refractivity contribution in [1.29, 1.82) is 0 Å². The van der Waals surface area contributed by atoms with Crippen molar-refractivity contribution >= 4 is 29.1 Å². The highest BCUT2D eigenvalue weighted by Crippen LogP contribution is 2.20. The topological polar surface area (TPSA) is 67.4 Å². The molecule has 0 bridgehead atoms.